The number of rotatable bonds is 48. The van der Waals surface area contributed by atoms with E-state index in [1.165, 1.54) is 109 Å². The molecule has 3 rings (SSSR count). The predicted octanol–water partition coefficient (Wildman–Crippen LogP) is 7.04. The van der Waals surface area contributed by atoms with Crippen molar-refractivity contribution in [1.82, 2.24) is 5.32 Å². The Labute approximate surface area is 497 Å². The molecule has 19 heteroatoms. The lowest BCUT2D eigenvalue weighted by Gasteiger charge is -2.48. The highest BCUT2D eigenvalue weighted by atomic mass is 16.8. The van der Waals surface area contributed by atoms with Gasteiger partial charge >= 0.3 is 0 Å². The zero-order chi connectivity index (χ0) is 60.5. The van der Waals surface area contributed by atoms with E-state index in [2.05, 4.69) is 67.8 Å². The van der Waals surface area contributed by atoms with Gasteiger partial charge in [0, 0.05) is 6.42 Å². The van der Waals surface area contributed by atoms with Crippen LogP contribution in [0.5, 0.6) is 0 Å². The molecule has 484 valence electrons. The highest BCUT2D eigenvalue weighted by molar-refractivity contribution is 5.76. The molecular formula is C64H115NO18. The van der Waals surface area contributed by atoms with Crippen molar-refractivity contribution in [3.63, 3.8) is 0 Å². The number of hydrogen-bond donors (Lipinski definition) is 12. The van der Waals surface area contributed by atoms with Crippen LogP contribution in [0.4, 0.5) is 0 Å². The monoisotopic (exact) mass is 1190 g/mol. The minimum atomic E-state index is -1.97. The highest BCUT2D eigenvalue weighted by Gasteiger charge is 2.53. The molecule has 0 bridgehead atoms. The molecule has 3 aliphatic rings. The Balaban J connectivity index is 1.45. The fraction of sp³-hybridized carbons (Fsp3) is 0.859. The number of hydrogen-bond acceptors (Lipinski definition) is 18. The van der Waals surface area contributed by atoms with Crippen molar-refractivity contribution in [1.29, 1.82) is 0 Å². The number of carbonyl (C=O) groups excluding carboxylic acids is 1. The normalized spacial score (nSPS) is 29.7. The van der Waals surface area contributed by atoms with Crippen LogP contribution in [0.2, 0.25) is 0 Å². The van der Waals surface area contributed by atoms with Crippen LogP contribution in [-0.4, -0.2) is 193 Å². The molecule has 0 radical (unpaired) electrons. The van der Waals surface area contributed by atoms with Crippen molar-refractivity contribution in [3.8, 4) is 0 Å². The van der Waals surface area contributed by atoms with Gasteiger partial charge < -0.3 is 89.9 Å². The van der Waals surface area contributed by atoms with Crippen LogP contribution >= 0.6 is 0 Å². The van der Waals surface area contributed by atoms with Crippen molar-refractivity contribution >= 4 is 5.91 Å². The van der Waals surface area contributed by atoms with E-state index in [1.807, 2.05) is 0 Å². The SMILES string of the molecule is CC/C=C\C/C=C\C/C=C\C/C=C\CCCCCCCCCCCCC(=O)NC(COC1OC(CO)C(OC2OC(CO)C(OC3OC(CO)C(O)C(O)C3O)C(O)C2O)C(O)C1O)C(O)CCCCCCCCCCCCCCCCC. The molecule has 0 aromatic carbocycles. The second kappa shape index (κ2) is 46.8. The summed E-state index contributed by atoms with van der Waals surface area (Å²) < 4.78 is 34.4. The largest absolute Gasteiger partial charge is 0.394 e. The Bertz CT molecular complexity index is 1700. The Hall–Kier alpha value is -2.25. The molecule has 0 aliphatic carbocycles. The summed E-state index contributed by atoms with van der Waals surface area (Å²) in [5.41, 5.74) is 0. The molecular weight excluding hydrogens is 1070 g/mol. The van der Waals surface area contributed by atoms with Crippen molar-refractivity contribution < 1.29 is 89.4 Å². The number of nitrogens with one attached hydrogen (secondary N) is 1. The topological polar surface area (TPSA) is 307 Å². The number of allylic oxidation sites excluding steroid dienone is 8. The molecule has 83 heavy (non-hydrogen) atoms. The highest BCUT2D eigenvalue weighted by Crippen LogP contribution is 2.33. The second-order valence-corrected chi connectivity index (χ2v) is 23.2. The average molecular weight is 1190 g/mol. The maximum Gasteiger partial charge on any atom is 0.220 e. The van der Waals surface area contributed by atoms with Crippen LogP contribution in [0.15, 0.2) is 48.6 Å². The van der Waals surface area contributed by atoms with Crippen LogP contribution in [-0.2, 0) is 33.2 Å². The minimum Gasteiger partial charge on any atom is -0.394 e. The molecule has 3 heterocycles. The van der Waals surface area contributed by atoms with Crippen molar-refractivity contribution in [3.05, 3.63) is 48.6 Å². The predicted molar refractivity (Wildman–Crippen MR) is 319 cm³/mol. The first-order chi connectivity index (χ1) is 40.3. The second-order valence-electron chi connectivity index (χ2n) is 23.2. The van der Waals surface area contributed by atoms with E-state index in [-0.39, 0.29) is 18.9 Å². The van der Waals surface area contributed by atoms with Gasteiger partial charge in [-0.2, -0.15) is 0 Å². The van der Waals surface area contributed by atoms with Gasteiger partial charge in [-0.25, -0.2) is 0 Å². The lowest BCUT2D eigenvalue weighted by Crippen LogP contribution is -2.66. The van der Waals surface area contributed by atoms with Gasteiger partial charge in [0.15, 0.2) is 18.9 Å². The van der Waals surface area contributed by atoms with E-state index in [0.29, 0.717) is 12.8 Å². The molecule has 17 unspecified atom stereocenters. The van der Waals surface area contributed by atoms with Crippen molar-refractivity contribution in [2.45, 2.75) is 324 Å². The summed E-state index contributed by atoms with van der Waals surface area (Å²) in [5, 5.41) is 120. The summed E-state index contributed by atoms with van der Waals surface area (Å²) in [6.07, 6.45) is 26.1. The molecule has 0 saturated carbocycles. The van der Waals surface area contributed by atoms with Gasteiger partial charge in [-0.05, 0) is 51.4 Å². The van der Waals surface area contributed by atoms with Crippen LogP contribution in [0.25, 0.3) is 0 Å². The number of aliphatic hydroxyl groups excluding tert-OH is 11. The van der Waals surface area contributed by atoms with Gasteiger partial charge in [-0.3, -0.25) is 4.79 Å². The van der Waals surface area contributed by atoms with Crippen molar-refractivity contribution in [2.24, 2.45) is 0 Å². The van der Waals surface area contributed by atoms with E-state index >= 15 is 0 Å². The zero-order valence-electron chi connectivity index (χ0n) is 50.7. The molecule has 3 aliphatic heterocycles. The fourth-order valence-electron chi connectivity index (χ4n) is 10.9. The lowest BCUT2D eigenvalue weighted by molar-refractivity contribution is -0.379. The quantitative estimate of drug-likeness (QED) is 0.0215. The molecule has 3 saturated heterocycles. The van der Waals surface area contributed by atoms with Crippen LogP contribution < -0.4 is 5.32 Å². The first-order valence-corrected chi connectivity index (χ1v) is 32.4. The van der Waals surface area contributed by atoms with E-state index in [4.69, 9.17) is 28.4 Å². The fourth-order valence-corrected chi connectivity index (χ4v) is 10.9. The molecule has 3 fully saturated rings. The Kier molecular flexibility index (Phi) is 42.3. The summed E-state index contributed by atoms with van der Waals surface area (Å²) >= 11 is 0. The molecule has 12 N–H and O–H groups in total. The smallest absolute Gasteiger partial charge is 0.220 e. The van der Waals surface area contributed by atoms with Crippen LogP contribution in [0.1, 0.15) is 219 Å². The summed E-state index contributed by atoms with van der Waals surface area (Å²) in [7, 11) is 0. The van der Waals surface area contributed by atoms with E-state index in [1.54, 1.807) is 0 Å². The Morgan fingerprint density at radius 2 is 0.831 bits per heavy atom. The van der Waals surface area contributed by atoms with Crippen LogP contribution in [0.3, 0.4) is 0 Å². The van der Waals surface area contributed by atoms with E-state index in [0.717, 1.165) is 77.0 Å². The third kappa shape index (κ3) is 30.0. The first-order valence-electron chi connectivity index (χ1n) is 32.4. The van der Waals surface area contributed by atoms with Gasteiger partial charge in [-0.15, -0.1) is 0 Å². The molecule has 0 aromatic heterocycles. The molecule has 1 amide bonds. The van der Waals surface area contributed by atoms with Gasteiger partial charge in [0.1, 0.15) is 73.2 Å². The number of carbonyl (C=O) groups is 1. The van der Waals surface area contributed by atoms with Gasteiger partial charge in [0.05, 0.1) is 38.6 Å². The third-order valence-electron chi connectivity index (χ3n) is 16.2. The Morgan fingerprint density at radius 3 is 1.30 bits per heavy atom. The molecule has 0 aromatic rings. The van der Waals surface area contributed by atoms with Gasteiger partial charge in [0.2, 0.25) is 5.91 Å². The molecule has 0 spiro atoms. The summed E-state index contributed by atoms with van der Waals surface area (Å²) in [4.78, 5) is 13.4. The Morgan fingerprint density at radius 1 is 0.446 bits per heavy atom. The van der Waals surface area contributed by atoms with Gasteiger partial charge in [0.25, 0.3) is 0 Å². The number of ether oxygens (including phenoxy) is 6. The minimum absolute atomic E-state index is 0.249. The number of amides is 1. The lowest BCUT2D eigenvalue weighted by atomic mass is 9.96. The summed E-state index contributed by atoms with van der Waals surface area (Å²) in [6.45, 7) is 1.68. The third-order valence-corrected chi connectivity index (χ3v) is 16.2. The molecule has 17 atom stereocenters. The zero-order valence-corrected chi connectivity index (χ0v) is 50.7. The number of unbranched alkanes of at least 4 members (excludes halogenated alkanes) is 24. The number of aliphatic hydroxyl groups is 11. The van der Waals surface area contributed by atoms with Crippen LogP contribution in [0, 0.1) is 0 Å². The standard InChI is InChI=1S/C64H115NO18/c1-3-5-7-9-11-13-15-17-19-20-21-22-23-24-25-26-28-30-32-34-36-38-40-42-52(70)65-47(48(69)41-39-37-35-33-31-29-27-18-16-14-12-10-8-6-4-2)46-78-62-58(76)55(73)60(50(44-67)80-62)83-64-59(77)56(74)61(51(45-68)81-64)82-63-57(75)54(72)53(71)49(43-66)79-63/h5,7,11,13,17,19,21-22,47-51,53-64,66-69,71-77H,3-4,6,8-10,12,14-16,18,20,23-46H2,1-2H3,(H,65,70)/b7-5-,13-11-,19-17-,22-21-. The van der Waals surface area contributed by atoms with E-state index < -0.39 is 124 Å². The van der Waals surface area contributed by atoms with Crippen molar-refractivity contribution in [2.75, 3.05) is 26.4 Å². The first kappa shape index (κ1) is 75.0. The van der Waals surface area contributed by atoms with E-state index in [9.17, 15) is 61.0 Å². The maximum atomic E-state index is 13.4. The maximum absolute atomic E-state index is 13.4. The molecule has 19 nitrogen and oxygen atoms in total. The summed E-state index contributed by atoms with van der Waals surface area (Å²) in [6, 6.07) is -0.890. The summed E-state index contributed by atoms with van der Waals surface area (Å²) in [5.74, 6) is -0.249. The van der Waals surface area contributed by atoms with Gasteiger partial charge in [-0.1, -0.05) is 210 Å². The average Bonchev–Trinajstić information content (AvgIpc) is 3.18.